The fraction of sp³-hybridized carbons (Fsp3) is 0.433. The molecule has 7 rings (SSSR count). The van der Waals surface area contributed by atoms with E-state index in [1.54, 1.807) is 0 Å². The van der Waals surface area contributed by atoms with Crippen molar-refractivity contribution in [2.45, 2.75) is 37.8 Å². The van der Waals surface area contributed by atoms with Gasteiger partial charge in [0.25, 0.3) is 0 Å². The third-order valence-corrected chi connectivity index (χ3v) is 8.60. The Morgan fingerprint density at radius 1 is 1.00 bits per heavy atom. The number of nitrogens with one attached hydrogen (secondary N) is 1. The van der Waals surface area contributed by atoms with E-state index >= 15 is 0 Å². The first-order chi connectivity index (χ1) is 18.5. The monoisotopic (exact) mass is 528 g/mol. The van der Waals surface area contributed by atoms with E-state index in [0.717, 1.165) is 57.9 Å². The van der Waals surface area contributed by atoms with E-state index in [1.165, 1.54) is 25.7 Å². The molecule has 196 valence electrons. The average Bonchev–Trinajstić information content (AvgIpc) is 3.59. The Morgan fingerprint density at radius 2 is 1.76 bits per heavy atom. The number of fused-ring (bicyclic) bond motifs is 4. The molecule has 2 aliphatic heterocycles. The van der Waals surface area contributed by atoms with E-state index in [1.807, 2.05) is 12.1 Å². The van der Waals surface area contributed by atoms with Crippen molar-refractivity contribution in [2.75, 3.05) is 45.2 Å². The minimum atomic E-state index is 0.200. The summed E-state index contributed by atoms with van der Waals surface area (Å²) in [5.41, 5.74) is 2.71. The number of hydrogen-bond acceptors (Lipinski definition) is 7. The maximum absolute atomic E-state index is 6.65. The van der Waals surface area contributed by atoms with Gasteiger partial charge < -0.3 is 19.9 Å². The number of benzene rings is 2. The molecule has 1 aliphatic carbocycles. The molecule has 0 amide bonds. The fourth-order valence-electron chi connectivity index (χ4n) is 6.32. The highest BCUT2D eigenvalue weighted by Crippen LogP contribution is 2.46. The molecule has 7 nitrogen and oxygen atoms in total. The van der Waals surface area contributed by atoms with Gasteiger partial charge in [-0.15, -0.1) is 0 Å². The van der Waals surface area contributed by atoms with Crippen LogP contribution in [0.3, 0.4) is 0 Å². The highest BCUT2D eigenvalue weighted by atomic mass is 35.5. The molecule has 1 saturated carbocycles. The van der Waals surface area contributed by atoms with Gasteiger partial charge in [-0.2, -0.15) is 9.97 Å². The number of nitrogens with zero attached hydrogens (tertiary/aromatic N) is 5. The van der Waals surface area contributed by atoms with Crippen molar-refractivity contribution in [2.24, 2.45) is 5.41 Å². The van der Waals surface area contributed by atoms with Crippen molar-refractivity contribution in [3.05, 3.63) is 53.6 Å². The van der Waals surface area contributed by atoms with Crippen molar-refractivity contribution >= 4 is 39.2 Å². The zero-order valence-corrected chi connectivity index (χ0v) is 22.7. The summed E-state index contributed by atoms with van der Waals surface area (Å²) in [4.78, 5) is 19.6. The molecular weight excluding hydrogens is 496 g/mol. The fourth-order valence-corrected chi connectivity index (χ4v) is 6.61. The first-order valence-corrected chi connectivity index (χ1v) is 14.0. The molecule has 2 bridgehead atoms. The van der Waals surface area contributed by atoms with Crippen LogP contribution in [0.2, 0.25) is 5.02 Å². The molecule has 2 aromatic heterocycles. The summed E-state index contributed by atoms with van der Waals surface area (Å²) < 4.78 is 6.33. The Kier molecular flexibility index (Phi) is 5.91. The molecule has 38 heavy (non-hydrogen) atoms. The van der Waals surface area contributed by atoms with Crippen molar-refractivity contribution in [1.29, 1.82) is 0 Å². The van der Waals surface area contributed by atoms with Crippen LogP contribution in [0.4, 0.5) is 5.82 Å². The lowest BCUT2D eigenvalue weighted by Gasteiger charge is -2.34. The second-order valence-corrected chi connectivity index (χ2v) is 12.0. The molecule has 2 saturated heterocycles. The van der Waals surface area contributed by atoms with E-state index in [0.29, 0.717) is 30.3 Å². The van der Waals surface area contributed by atoms with Gasteiger partial charge in [0, 0.05) is 53.1 Å². The average molecular weight is 529 g/mol. The summed E-state index contributed by atoms with van der Waals surface area (Å²) in [5, 5.41) is 7.51. The Bertz CT molecular complexity index is 1500. The van der Waals surface area contributed by atoms with Gasteiger partial charge in [0.1, 0.15) is 5.82 Å². The lowest BCUT2D eigenvalue weighted by molar-refractivity contribution is 0.183. The normalized spacial score (nSPS) is 21.9. The second kappa shape index (κ2) is 9.33. The molecule has 3 fully saturated rings. The topological polar surface area (TPSA) is 66.4 Å². The summed E-state index contributed by atoms with van der Waals surface area (Å²) in [7, 11) is 4.24. The molecule has 2 unspecified atom stereocenters. The summed E-state index contributed by atoms with van der Waals surface area (Å²) in [6, 6.07) is 17.8. The van der Waals surface area contributed by atoms with Gasteiger partial charge in [0.05, 0.1) is 17.7 Å². The Morgan fingerprint density at radius 3 is 2.50 bits per heavy atom. The van der Waals surface area contributed by atoms with Crippen LogP contribution < -0.4 is 15.0 Å². The molecule has 4 aromatic rings. The largest absolute Gasteiger partial charge is 0.463 e. The number of anilines is 1. The standard InChI is InChI=1S/C30H33ClN6O/c1-36(2)17-30(13-14-30)18-38-29-34-27-23(28(35-29)37-15-20-9-10-21(16-37)32-20)11-12-25(33-27)22-7-3-5-19-6-4-8-24(31)26(19)22/h3-8,11-12,20-21,32H,9-10,13-18H2,1-2H3. The number of aromatic nitrogens is 3. The van der Waals surface area contributed by atoms with Crippen molar-refractivity contribution < 1.29 is 4.74 Å². The summed E-state index contributed by atoms with van der Waals surface area (Å²) >= 11 is 6.65. The van der Waals surface area contributed by atoms with Gasteiger partial charge in [0.2, 0.25) is 0 Å². The Hall–Kier alpha value is -3.00. The van der Waals surface area contributed by atoms with Gasteiger partial charge in [0.15, 0.2) is 5.65 Å². The van der Waals surface area contributed by atoms with Crippen molar-refractivity contribution in [1.82, 2.24) is 25.2 Å². The number of rotatable bonds is 7. The molecule has 2 atom stereocenters. The van der Waals surface area contributed by atoms with Crippen LogP contribution in [0, 0.1) is 5.41 Å². The van der Waals surface area contributed by atoms with Crippen LogP contribution in [0.25, 0.3) is 33.1 Å². The van der Waals surface area contributed by atoms with Crippen molar-refractivity contribution in [3.63, 3.8) is 0 Å². The molecule has 4 heterocycles. The van der Waals surface area contributed by atoms with Crippen LogP contribution >= 0.6 is 11.6 Å². The Balaban J connectivity index is 1.31. The summed E-state index contributed by atoms with van der Waals surface area (Å²) in [6.07, 6.45) is 4.78. The maximum Gasteiger partial charge on any atom is 0.320 e. The molecule has 2 aromatic carbocycles. The van der Waals surface area contributed by atoms with Gasteiger partial charge in [-0.25, -0.2) is 4.98 Å². The van der Waals surface area contributed by atoms with Crippen LogP contribution in [0.15, 0.2) is 48.5 Å². The van der Waals surface area contributed by atoms with Gasteiger partial charge in [-0.3, -0.25) is 0 Å². The minimum Gasteiger partial charge on any atom is -0.463 e. The van der Waals surface area contributed by atoms with Crippen LogP contribution in [0.5, 0.6) is 6.01 Å². The van der Waals surface area contributed by atoms with Crippen molar-refractivity contribution in [3.8, 4) is 17.3 Å². The number of piperazine rings is 1. The van der Waals surface area contributed by atoms with E-state index in [-0.39, 0.29) is 5.41 Å². The van der Waals surface area contributed by atoms with E-state index in [4.69, 9.17) is 31.3 Å². The second-order valence-electron chi connectivity index (χ2n) is 11.6. The lowest BCUT2D eigenvalue weighted by Crippen LogP contribution is -2.51. The summed E-state index contributed by atoms with van der Waals surface area (Å²) in [6.45, 7) is 3.51. The van der Waals surface area contributed by atoms with Gasteiger partial charge >= 0.3 is 6.01 Å². The van der Waals surface area contributed by atoms with Gasteiger partial charge in [-0.1, -0.05) is 41.9 Å². The molecule has 0 spiro atoms. The molecule has 8 heteroatoms. The molecule has 0 radical (unpaired) electrons. The third-order valence-electron chi connectivity index (χ3n) is 8.28. The molecule has 1 N–H and O–H groups in total. The number of pyridine rings is 1. The van der Waals surface area contributed by atoms with E-state index < -0.39 is 0 Å². The molecule has 3 aliphatic rings. The minimum absolute atomic E-state index is 0.200. The first-order valence-electron chi connectivity index (χ1n) is 13.6. The Labute approximate surface area is 228 Å². The number of ether oxygens (including phenoxy) is 1. The highest BCUT2D eigenvalue weighted by Gasteiger charge is 2.44. The quantitative estimate of drug-likeness (QED) is 0.355. The highest BCUT2D eigenvalue weighted by molar-refractivity contribution is 6.36. The van der Waals surface area contributed by atoms with Crippen LogP contribution in [0.1, 0.15) is 25.7 Å². The first kappa shape index (κ1) is 24.1. The summed E-state index contributed by atoms with van der Waals surface area (Å²) in [5.74, 6) is 0.927. The van der Waals surface area contributed by atoms with E-state index in [2.05, 4.69) is 65.6 Å². The molecular formula is C30H33ClN6O. The van der Waals surface area contributed by atoms with Crippen LogP contribution in [-0.2, 0) is 0 Å². The predicted octanol–water partition coefficient (Wildman–Crippen LogP) is 5.16. The predicted molar refractivity (Wildman–Crippen MR) is 153 cm³/mol. The number of hydrogen-bond donors (Lipinski definition) is 1. The van der Waals surface area contributed by atoms with Gasteiger partial charge in [-0.05, 0) is 63.4 Å². The van der Waals surface area contributed by atoms with E-state index in [9.17, 15) is 0 Å². The zero-order valence-electron chi connectivity index (χ0n) is 22.0. The van der Waals surface area contributed by atoms with Crippen LogP contribution in [-0.4, -0.2) is 72.3 Å². The zero-order chi connectivity index (χ0) is 25.9. The smallest absolute Gasteiger partial charge is 0.320 e. The number of halogens is 1. The third kappa shape index (κ3) is 4.46. The SMILES string of the molecule is CN(C)CC1(COc2nc(N3CC4CCC(C3)N4)c3ccc(-c4cccc5cccc(Cl)c45)nc3n2)CC1. The maximum atomic E-state index is 6.65. The lowest BCUT2D eigenvalue weighted by atomic mass is 10.0.